The van der Waals surface area contributed by atoms with Crippen molar-refractivity contribution in [3.05, 3.63) is 102 Å². The summed E-state index contributed by atoms with van der Waals surface area (Å²) in [5.74, 6) is -0.445. The minimum absolute atomic E-state index is 0.0661. The van der Waals surface area contributed by atoms with E-state index in [9.17, 15) is 14.4 Å². The third-order valence-corrected chi connectivity index (χ3v) is 5.07. The zero-order valence-corrected chi connectivity index (χ0v) is 19.4. The number of nitrogens with one attached hydrogen (secondary N) is 2. The first-order valence-electron chi connectivity index (χ1n) is 11.1. The number of hydrogen-bond acceptors (Lipinski definition) is 6. The summed E-state index contributed by atoms with van der Waals surface area (Å²) in [6.45, 7) is 0.197. The van der Waals surface area contributed by atoms with Gasteiger partial charge in [0.15, 0.2) is 0 Å². The molecule has 8 heteroatoms. The summed E-state index contributed by atoms with van der Waals surface area (Å²) in [5.41, 5.74) is 2.66. The number of esters is 1. The van der Waals surface area contributed by atoms with Crippen LogP contribution in [0.15, 0.2) is 84.9 Å². The number of rotatable bonds is 11. The normalized spacial score (nSPS) is 11.1. The molecule has 0 spiro atoms. The molecule has 35 heavy (non-hydrogen) atoms. The number of carbonyl (C=O) groups is 3. The topological polar surface area (TPSA) is 103 Å². The highest BCUT2D eigenvalue weighted by atomic mass is 16.5. The molecule has 0 aliphatic heterocycles. The zero-order chi connectivity index (χ0) is 24.9. The first-order valence-corrected chi connectivity index (χ1v) is 11.1. The standard InChI is InChI=1S/C27H28N2O6/c1-33-25(30)17-28-26(31)24(29-27(32)35-19-22-10-6-3-7-11-22)16-20-12-14-23(15-13-20)34-18-21-8-4-2-5-9-21/h2-15,24H,16-19H2,1H3,(H,28,31)(H,29,32)/t24-/m0/s1. The van der Waals surface area contributed by atoms with Gasteiger partial charge in [-0.15, -0.1) is 0 Å². The summed E-state index contributed by atoms with van der Waals surface area (Å²) in [5, 5.41) is 5.06. The van der Waals surface area contributed by atoms with E-state index in [1.54, 1.807) is 12.1 Å². The Morgan fingerprint density at radius 1 is 0.771 bits per heavy atom. The molecule has 3 aromatic carbocycles. The molecule has 0 unspecified atom stereocenters. The highest BCUT2D eigenvalue weighted by Gasteiger charge is 2.23. The SMILES string of the molecule is COC(=O)CNC(=O)[C@H](Cc1ccc(OCc2ccccc2)cc1)NC(=O)OCc1ccccc1. The van der Waals surface area contributed by atoms with E-state index < -0.39 is 24.0 Å². The minimum atomic E-state index is -0.959. The van der Waals surface area contributed by atoms with Gasteiger partial charge in [0.1, 0.15) is 31.5 Å². The van der Waals surface area contributed by atoms with E-state index in [4.69, 9.17) is 9.47 Å². The molecular weight excluding hydrogens is 448 g/mol. The number of ether oxygens (including phenoxy) is 3. The second kappa shape index (κ2) is 13.4. The lowest BCUT2D eigenvalue weighted by molar-refractivity contribution is -0.141. The Morgan fingerprint density at radius 2 is 1.37 bits per heavy atom. The van der Waals surface area contributed by atoms with Crippen LogP contribution in [-0.4, -0.2) is 37.7 Å². The van der Waals surface area contributed by atoms with Gasteiger partial charge in [-0.25, -0.2) is 4.79 Å². The number of amides is 2. The van der Waals surface area contributed by atoms with Crippen molar-refractivity contribution in [2.45, 2.75) is 25.7 Å². The molecule has 0 aliphatic rings. The van der Waals surface area contributed by atoms with Crippen molar-refractivity contribution in [3.8, 4) is 5.75 Å². The summed E-state index contributed by atoms with van der Waals surface area (Å²) >= 11 is 0. The Labute approximate surface area is 204 Å². The predicted molar refractivity (Wildman–Crippen MR) is 129 cm³/mol. The lowest BCUT2D eigenvalue weighted by atomic mass is 10.1. The second-order valence-corrected chi connectivity index (χ2v) is 7.67. The maximum absolute atomic E-state index is 12.7. The van der Waals surface area contributed by atoms with Crippen LogP contribution < -0.4 is 15.4 Å². The fourth-order valence-corrected chi connectivity index (χ4v) is 3.17. The maximum atomic E-state index is 12.7. The second-order valence-electron chi connectivity index (χ2n) is 7.67. The van der Waals surface area contributed by atoms with E-state index in [2.05, 4.69) is 15.4 Å². The smallest absolute Gasteiger partial charge is 0.408 e. The van der Waals surface area contributed by atoms with Crippen LogP contribution in [0.2, 0.25) is 0 Å². The van der Waals surface area contributed by atoms with Gasteiger partial charge >= 0.3 is 12.1 Å². The van der Waals surface area contributed by atoms with E-state index in [0.29, 0.717) is 12.4 Å². The van der Waals surface area contributed by atoms with Crippen LogP contribution in [0.25, 0.3) is 0 Å². The molecule has 0 radical (unpaired) electrons. The molecular formula is C27H28N2O6. The summed E-state index contributed by atoms with van der Waals surface area (Å²) in [4.78, 5) is 36.5. The number of hydrogen-bond donors (Lipinski definition) is 2. The van der Waals surface area contributed by atoms with E-state index in [1.165, 1.54) is 7.11 Å². The fraction of sp³-hybridized carbons (Fsp3) is 0.222. The first-order chi connectivity index (χ1) is 17.0. The van der Waals surface area contributed by atoms with Crippen molar-refractivity contribution in [1.29, 1.82) is 0 Å². The van der Waals surface area contributed by atoms with Crippen LogP contribution in [0.1, 0.15) is 16.7 Å². The molecule has 8 nitrogen and oxygen atoms in total. The summed E-state index contributed by atoms with van der Waals surface area (Å²) in [6.07, 6.45) is -0.554. The number of carbonyl (C=O) groups excluding carboxylic acids is 3. The fourth-order valence-electron chi connectivity index (χ4n) is 3.17. The molecule has 0 saturated carbocycles. The van der Waals surface area contributed by atoms with Gasteiger partial charge in [-0.05, 0) is 28.8 Å². The lowest BCUT2D eigenvalue weighted by Gasteiger charge is -2.18. The van der Waals surface area contributed by atoms with E-state index >= 15 is 0 Å². The minimum Gasteiger partial charge on any atom is -0.489 e. The van der Waals surface area contributed by atoms with Crippen molar-refractivity contribution in [3.63, 3.8) is 0 Å². The van der Waals surface area contributed by atoms with Crippen LogP contribution in [0.3, 0.4) is 0 Å². The molecule has 0 saturated heterocycles. The van der Waals surface area contributed by atoms with Gasteiger partial charge in [-0.2, -0.15) is 0 Å². The molecule has 0 bridgehead atoms. The Kier molecular flexibility index (Phi) is 9.68. The van der Waals surface area contributed by atoms with Crippen molar-refractivity contribution in [2.75, 3.05) is 13.7 Å². The molecule has 0 heterocycles. The van der Waals surface area contributed by atoms with Crippen molar-refractivity contribution >= 4 is 18.0 Å². The third-order valence-electron chi connectivity index (χ3n) is 5.07. The monoisotopic (exact) mass is 476 g/mol. The Bertz CT molecular complexity index is 1090. The van der Waals surface area contributed by atoms with Crippen LogP contribution in [-0.2, 0) is 38.7 Å². The largest absolute Gasteiger partial charge is 0.489 e. The van der Waals surface area contributed by atoms with E-state index in [-0.39, 0.29) is 19.6 Å². The van der Waals surface area contributed by atoms with Crippen molar-refractivity contribution < 1.29 is 28.6 Å². The third kappa shape index (κ3) is 8.85. The zero-order valence-electron chi connectivity index (χ0n) is 19.4. The number of benzene rings is 3. The Balaban J connectivity index is 1.59. The first kappa shape index (κ1) is 25.3. The highest BCUT2D eigenvalue weighted by molar-refractivity contribution is 5.88. The lowest BCUT2D eigenvalue weighted by Crippen LogP contribution is -2.49. The van der Waals surface area contributed by atoms with E-state index in [1.807, 2.05) is 72.8 Å². The molecule has 3 rings (SSSR count). The highest BCUT2D eigenvalue weighted by Crippen LogP contribution is 2.15. The van der Waals surface area contributed by atoms with Gasteiger partial charge < -0.3 is 24.8 Å². The Morgan fingerprint density at radius 3 is 1.97 bits per heavy atom. The molecule has 2 amide bonds. The van der Waals surface area contributed by atoms with Crippen molar-refractivity contribution in [1.82, 2.24) is 10.6 Å². The van der Waals surface area contributed by atoms with Gasteiger partial charge in [0.2, 0.25) is 5.91 Å². The summed E-state index contributed by atoms with van der Waals surface area (Å²) < 4.78 is 15.6. The summed E-state index contributed by atoms with van der Waals surface area (Å²) in [6, 6.07) is 25.3. The maximum Gasteiger partial charge on any atom is 0.408 e. The van der Waals surface area contributed by atoms with Crippen LogP contribution in [0, 0.1) is 0 Å². The molecule has 182 valence electrons. The van der Waals surface area contributed by atoms with Gasteiger partial charge in [0, 0.05) is 6.42 Å². The Hall–Kier alpha value is -4.33. The summed E-state index contributed by atoms with van der Waals surface area (Å²) in [7, 11) is 1.23. The quantitative estimate of drug-likeness (QED) is 0.411. The van der Waals surface area contributed by atoms with Crippen LogP contribution in [0.4, 0.5) is 4.79 Å². The van der Waals surface area contributed by atoms with Crippen LogP contribution in [0.5, 0.6) is 5.75 Å². The van der Waals surface area contributed by atoms with Crippen molar-refractivity contribution in [2.24, 2.45) is 0 Å². The van der Waals surface area contributed by atoms with E-state index in [0.717, 1.165) is 16.7 Å². The molecule has 2 N–H and O–H groups in total. The average molecular weight is 477 g/mol. The molecule has 0 aromatic heterocycles. The number of methoxy groups -OCH3 is 1. The molecule has 1 atom stereocenters. The molecule has 0 fully saturated rings. The molecule has 0 aliphatic carbocycles. The predicted octanol–water partition coefficient (Wildman–Crippen LogP) is 3.39. The van der Waals surface area contributed by atoms with Crippen LogP contribution >= 0.6 is 0 Å². The van der Waals surface area contributed by atoms with Gasteiger partial charge in [0.05, 0.1) is 7.11 Å². The van der Waals surface area contributed by atoms with Gasteiger partial charge in [-0.3, -0.25) is 9.59 Å². The van der Waals surface area contributed by atoms with Gasteiger partial charge in [-0.1, -0.05) is 72.8 Å². The number of alkyl carbamates (subject to hydrolysis) is 1. The van der Waals surface area contributed by atoms with Gasteiger partial charge in [0.25, 0.3) is 0 Å². The molecule has 3 aromatic rings. The average Bonchev–Trinajstić information content (AvgIpc) is 2.90.